The third kappa shape index (κ3) is 4.87. The molecular weight excluding hydrogens is 507 g/mol. The number of nitrogens with zero attached hydrogens (tertiary/aromatic N) is 3. The smallest absolute Gasteiger partial charge is 0.234 e. The Kier molecular flexibility index (Phi) is 7.00. The number of amides is 1. The number of aromatic nitrogens is 3. The highest BCUT2D eigenvalue weighted by atomic mass is 127. The van der Waals surface area contributed by atoms with Gasteiger partial charge >= 0.3 is 0 Å². The molecule has 0 aliphatic rings. The molecule has 0 spiro atoms. The molecule has 0 unspecified atom stereocenters. The van der Waals surface area contributed by atoms with Crippen LogP contribution in [0.1, 0.15) is 18.1 Å². The molecular formula is C20H20ClIN4OS. The zero-order valence-corrected chi connectivity index (χ0v) is 19.5. The Hall–Kier alpha value is -1.58. The van der Waals surface area contributed by atoms with Crippen molar-refractivity contribution in [1.82, 2.24) is 14.8 Å². The second kappa shape index (κ2) is 9.28. The lowest BCUT2D eigenvalue weighted by molar-refractivity contribution is -0.113. The number of halogens is 2. The number of aryl methyl sites for hydroxylation is 2. The summed E-state index contributed by atoms with van der Waals surface area (Å²) in [6.07, 6.45) is 0. The number of anilines is 1. The van der Waals surface area contributed by atoms with Crippen LogP contribution >= 0.6 is 46.0 Å². The quantitative estimate of drug-likeness (QED) is 0.337. The number of carbonyl (C=O) groups excluding carboxylic acids is 1. The zero-order chi connectivity index (χ0) is 20.3. The molecule has 2 aromatic carbocycles. The maximum Gasteiger partial charge on any atom is 0.234 e. The number of rotatable bonds is 6. The normalized spacial score (nSPS) is 10.9. The molecule has 0 bridgehead atoms. The molecule has 0 saturated heterocycles. The van der Waals surface area contributed by atoms with E-state index in [1.807, 2.05) is 49.6 Å². The summed E-state index contributed by atoms with van der Waals surface area (Å²) in [7, 11) is 0. The molecule has 1 heterocycles. The van der Waals surface area contributed by atoms with Crippen molar-refractivity contribution in [2.24, 2.45) is 0 Å². The van der Waals surface area contributed by atoms with Gasteiger partial charge in [-0.05, 0) is 90.9 Å². The minimum atomic E-state index is -0.0592. The van der Waals surface area contributed by atoms with Crippen molar-refractivity contribution < 1.29 is 4.79 Å². The van der Waals surface area contributed by atoms with E-state index in [2.05, 4.69) is 50.2 Å². The SMILES string of the molecule is CCn1c(SCC(=O)Nc2c(C)cc(I)cc2C)nnc1-c1ccc(Cl)cc1. The van der Waals surface area contributed by atoms with Crippen LogP contribution in [-0.4, -0.2) is 26.4 Å². The van der Waals surface area contributed by atoms with Crippen LogP contribution in [0.2, 0.25) is 5.02 Å². The maximum absolute atomic E-state index is 12.5. The van der Waals surface area contributed by atoms with Gasteiger partial charge in [0.15, 0.2) is 11.0 Å². The highest BCUT2D eigenvalue weighted by molar-refractivity contribution is 14.1. The van der Waals surface area contributed by atoms with Gasteiger partial charge < -0.3 is 9.88 Å². The van der Waals surface area contributed by atoms with E-state index in [1.54, 1.807) is 0 Å². The molecule has 1 aromatic heterocycles. The Morgan fingerprint density at radius 3 is 2.43 bits per heavy atom. The van der Waals surface area contributed by atoms with Gasteiger partial charge in [-0.1, -0.05) is 23.4 Å². The van der Waals surface area contributed by atoms with E-state index in [0.717, 1.165) is 36.9 Å². The summed E-state index contributed by atoms with van der Waals surface area (Å²) >= 11 is 9.63. The first-order valence-corrected chi connectivity index (χ1v) is 11.2. The fourth-order valence-electron chi connectivity index (χ4n) is 2.91. The second-order valence-electron chi connectivity index (χ2n) is 6.31. The van der Waals surface area contributed by atoms with Gasteiger partial charge in [0.2, 0.25) is 5.91 Å². The third-order valence-electron chi connectivity index (χ3n) is 4.23. The topological polar surface area (TPSA) is 59.8 Å². The van der Waals surface area contributed by atoms with Crippen LogP contribution in [0.15, 0.2) is 41.6 Å². The first kappa shape index (κ1) is 21.1. The Bertz CT molecular complexity index is 981. The zero-order valence-electron chi connectivity index (χ0n) is 15.8. The Morgan fingerprint density at radius 1 is 1.18 bits per heavy atom. The fourth-order valence-corrected chi connectivity index (χ4v) is 4.77. The van der Waals surface area contributed by atoms with Gasteiger partial charge in [-0.15, -0.1) is 10.2 Å². The summed E-state index contributed by atoms with van der Waals surface area (Å²) < 4.78 is 3.16. The molecule has 0 radical (unpaired) electrons. The van der Waals surface area contributed by atoms with Crippen LogP contribution in [0.3, 0.4) is 0 Å². The first-order valence-electron chi connectivity index (χ1n) is 8.77. The van der Waals surface area contributed by atoms with Gasteiger partial charge in [0.1, 0.15) is 0 Å². The molecule has 28 heavy (non-hydrogen) atoms. The lowest BCUT2D eigenvalue weighted by Gasteiger charge is -2.12. The van der Waals surface area contributed by atoms with Crippen LogP contribution < -0.4 is 5.32 Å². The Morgan fingerprint density at radius 2 is 1.82 bits per heavy atom. The van der Waals surface area contributed by atoms with Crippen LogP contribution in [-0.2, 0) is 11.3 Å². The van der Waals surface area contributed by atoms with Crippen molar-refractivity contribution in [1.29, 1.82) is 0 Å². The van der Waals surface area contributed by atoms with E-state index >= 15 is 0 Å². The van der Waals surface area contributed by atoms with E-state index in [4.69, 9.17) is 11.6 Å². The molecule has 3 rings (SSSR count). The number of carbonyl (C=O) groups is 1. The highest BCUT2D eigenvalue weighted by Gasteiger charge is 2.15. The van der Waals surface area contributed by atoms with Crippen LogP contribution in [0.25, 0.3) is 11.4 Å². The number of nitrogens with one attached hydrogen (secondary N) is 1. The lowest BCUT2D eigenvalue weighted by atomic mass is 10.1. The van der Waals surface area contributed by atoms with Crippen molar-refractivity contribution in [2.45, 2.75) is 32.5 Å². The van der Waals surface area contributed by atoms with Gasteiger partial charge in [-0.25, -0.2) is 0 Å². The van der Waals surface area contributed by atoms with Gasteiger partial charge in [0.25, 0.3) is 0 Å². The lowest BCUT2D eigenvalue weighted by Crippen LogP contribution is -2.16. The predicted molar refractivity (Wildman–Crippen MR) is 124 cm³/mol. The predicted octanol–water partition coefficient (Wildman–Crippen LogP) is 5.57. The number of thioether (sulfide) groups is 1. The summed E-state index contributed by atoms with van der Waals surface area (Å²) in [4.78, 5) is 12.5. The second-order valence-corrected chi connectivity index (χ2v) is 8.93. The van der Waals surface area contributed by atoms with Gasteiger partial charge in [0.05, 0.1) is 5.75 Å². The largest absolute Gasteiger partial charge is 0.325 e. The van der Waals surface area contributed by atoms with E-state index in [-0.39, 0.29) is 11.7 Å². The van der Waals surface area contributed by atoms with Gasteiger partial charge in [-0.2, -0.15) is 0 Å². The summed E-state index contributed by atoms with van der Waals surface area (Å²) in [5.41, 5.74) is 3.94. The van der Waals surface area contributed by atoms with Crippen LogP contribution in [0, 0.1) is 17.4 Å². The van der Waals surface area contributed by atoms with Crippen molar-refractivity contribution in [3.63, 3.8) is 0 Å². The molecule has 146 valence electrons. The summed E-state index contributed by atoms with van der Waals surface area (Å²) in [6.45, 7) is 6.75. The molecule has 0 atom stereocenters. The molecule has 0 aliphatic carbocycles. The summed E-state index contributed by atoms with van der Waals surface area (Å²) in [5.74, 6) is 0.978. The number of hydrogen-bond donors (Lipinski definition) is 1. The average Bonchev–Trinajstić information content (AvgIpc) is 3.06. The van der Waals surface area contributed by atoms with Crippen LogP contribution in [0.4, 0.5) is 5.69 Å². The molecule has 1 amide bonds. The summed E-state index contributed by atoms with van der Waals surface area (Å²) in [5, 5.41) is 13.0. The Balaban J connectivity index is 1.71. The van der Waals surface area contributed by atoms with Gasteiger partial charge in [0, 0.05) is 26.4 Å². The Labute approximate surface area is 187 Å². The third-order valence-corrected chi connectivity index (χ3v) is 6.07. The van der Waals surface area contributed by atoms with Crippen LogP contribution in [0.5, 0.6) is 0 Å². The van der Waals surface area contributed by atoms with E-state index in [0.29, 0.717) is 11.6 Å². The highest BCUT2D eigenvalue weighted by Crippen LogP contribution is 2.26. The minimum Gasteiger partial charge on any atom is -0.325 e. The summed E-state index contributed by atoms with van der Waals surface area (Å²) in [6, 6.07) is 11.6. The monoisotopic (exact) mass is 526 g/mol. The van der Waals surface area contributed by atoms with E-state index in [9.17, 15) is 4.79 Å². The number of benzene rings is 2. The minimum absolute atomic E-state index is 0.0592. The van der Waals surface area contributed by atoms with E-state index < -0.39 is 0 Å². The molecule has 0 saturated carbocycles. The van der Waals surface area contributed by atoms with E-state index in [1.165, 1.54) is 11.8 Å². The van der Waals surface area contributed by atoms with Crippen molar-refractivity contribution in [3.05, 3.63) is 56.1 Å². The fraction of sp³-hybridized carbons (Fsp3) is 0.250. The van der Waals surface area contributed by atoms with Gasteiger partial charge in [-0.3, -0.25) is 4.79 Å². The standard InChI is InChI=1S/C20H20ClIN4OS/c1-4-26-19(14-5-7-15(21)8-6-14)24-25-20(26)28-11-17(27)23-18-12(2)9-16(22)10-13(18)3/h5-10H,4,11H2,1-3H3,(H,23,27). The molecule has 0 fully saturated rings. The average molecular weight is 527 g/mol. The number of hydrogen-bond acceptors (Lipinski definition) is 4. The molecule has 5 nitrogen and oxygen atoms in total. The first-order chi connectivity index (χ1) is 13.4. The molecule has 1 N–H and O–H groups in total. The molecule has 8 heteroatoms. The maximum atomic E-state index is 12.5. The van der Waals surface area contributed by atoms with Crippen molar-refractivity contribution in [2.75, 3.05) is 11.1 Å². The molecule has 0 aliphatic heterocycles. The van der Waals surface area contributed by atoms with Crippen molar-refractivity contribution >= 4 is 57.5 Å². The van der Waals surface area contributed by atoms with Crippen molar-refractivity contribution in [3.8, 4) is 11.4 Å². The molecule has 3 aromatic rings.